The van der Waals surface area contributed by atoms with Gasteiger partial charge in [0, 0.05) is 18.8 Å². The van der Waals surface area contributed by atoms with Gasteiger partial charge in [0.15, 0.2) is 0 Å². The second-order valence-electron chi connectivity index (χ2n) is 5.05. The van der Waals surface area contributed by atoms with Crippen molar-refractivity contribution >= 4 is 17.3 Å². The first-order valence-electron chi connectivity index (χ1n) is 6.93. The number of rotatable bonds is 4. The van der Waals surface area contributed by atoms with Crippen LogP contribution in [0.2, 0.25) is 0 Å². The number of nitrogens with zero attached hydrogens (tertiary/aromatic N) is 1. The van der Waals surface area contributed by atoms with Crippen molar-refractivity contribution in [3.63, 3.8) is 0 Å². The molecule has 1 aromatic carbocycles. The highest BCUT2D eigenvalue weighted by molar-refractivity contribution is 5.97. The van der Waals surface area contributed by atoms with E-state index in [1.165, 1.54) is 25.7 Å². The lowest BCUT2D eigenvalue weighted by Crippen LogP contribution is -2.30. The molecule has 0 unspecified atom stereocenters. The molecule has 0 amide bonds. The quantitative estimate of drug-likeness (QED) is 0.669. The summed E-state index contributed by atoms with van der Waals surface area (Å²) in [6.07, 6.45) is 4.89. The third-order valence-corrected chi connectivity index (χ3v) is 3.77. The fourth-order valence-electron chi connectivity index (χ4n) is 2.72. The second-order valence-corrected chi connectivity index (χ2v) is 5.05. The summed E-state index contributed by atoms with van der Waals surface area (Å²) in [5.41, 5.74) is 7.86. The molecule has 1 aliphatic rings. The Hall–Kier alpha value is -1.71. The number of carbonyl (C=O) groups excluding carboxylic acids is 1. The zero-order valence-corrected chi connectivity index (χ0v) is 11.7. The van der Waals surface area contributed by atoms with Crippen LogP contribution in [0.3, 0.4) is 0 Å². The maximum absolute atomic E-state index is 12.0. The van der Waals surface area contributed by atoms with Crippen molar-refractivity contribution in [1.29, 1.82) is 0 Å². The maximum Gasteiger partial charge on any atom is 0.340 e. The van der Waals surface area contributed by atoms with Gasteiger partial charge in [0.05, 0.1) is 17.9 Å². The van der Waals surface area contributed by atoms with Crippen molar-refractivity contribution in [3.8, 4) is 0 Å². The van der Waals surface area contributed by atoms with E-state index in [1.807, 2.05) is 26.1 Å². The number of benzene rings is 1. The Bertz CT molecular complexity index is 453. The summed E-state index contributed by atoms with van der Waals surface area (Å²) in [6.45, 7) is 2.19. The molecule has 0 spiro atoms. The molecule has 0 bridgehead atoms. The van der Waals surface area contributed by atoms with Crippen molar-refractivity contribution in [2.24, 2.45) is 0 Å². The standard InChI is InChI=1S/C15H22N2O2/c1-3-19-15(18)13-10-11(16)8-9-14(13)17(2)12-6-4-5-7-12/h8-10,12H,3-7,16H2,1-2H3. The molecule has 0 saturated heterocycles. The number of hydrogen-bond acceptors (Lipinski definition) is 4. The van der Waals surface area contributed by atoms with Gasteiger partial charge in [0.25, 0.3) is 0 Å². The molecule has 19 heavy (non-hydrogen) atoms. The van der Waals surface area contributed by atoms with Crippen molar-refractivity contribution in [3.05, 3.63) is 23.8 Å². The Kier molecular flexibility index (Phi) is 4.30. The molecular weight excluding hydrogens is 240 g/mol. The number of hydrogen-bond donors (Lipinski definition) is 1. The van der Waals surface area contributed by atoms with E-state index in [1.54, 1.807) is 6.07 Å². The Labute approximate surface area is 114 Å². The molecule has 0 heterocycles. The van der Waals surface area contributed by atoms with Gasteiger partial charge in [-0.3, -0.25) is 0 Å². The maximum atomic E-state index is 12.0. The van der Waals surface area contributed by atoms with Crippen molar-refractivity contribution < 1.29 is 9.53 Å². The lowest BCUT2D eigenvalue weighted by atomic mass is 10.1. The summed E-state index contributed by atoms with van der Waals surface area (Å²) in [4.78, 5) is 14.2. The van der Waals surface area contributed by atoms with Gasteiger partial charge in [0.1, 0.15) is 0 Å². The molecule has 0 aliphatic heterocycles. The van der Waals surface area contributed by atoms with Gasteiger partial charge in [-0.1, -0.05) is 12.8 Å². The molecule has 4 heteroatoms. The van der Waals surface area contributed by atoms with Gasteiger partial charge >= 0.3 is 5.97 Å². The topological polar surface area (TPSA) is 55.6 Å². The van der Waals surface area contributed by atoms with E-state index in [-0.39, 0.29) is 5.97 Å². The minimum absolute atomic E-state index is 0.297. The summed E-state index contributed by atoms with van der Waals surface area (Å²) in [6, 6.07) is 5.97. The molecule has 0 atom stereocenters. The third-order valence-electron chi connectivity index (χ3n) is 3.77. The van der Waals surface area contributed by atoms with Crippen LogP contribution < -0.4 is 10.6 Å². The van der Waals surface area contributed by atoms with E-state index in [0.29, 0.717) is 23.9 Å². The lowest BCUT2D eigenvalue weighted by Gasteiger charge is -2.28. The highest BCUT2D eigenvalue weighted by Gasteiger charge is 2.23. The van der Waals surface area contributed by atoms with Crippen LogP contribution in [0.25, 0.3) is 0 Å². The van der Waals surface area contributed by atoms with Gasteiger partial charge < -0.3 is 15.4 Å². The molecule has 2 rings (SSSR count). The largest absolute Gasteiger partial charge is 0.462 e. The molecule has 4 nitrogen and oxygen atoms in total. The summed E-state index contributed by atoms with van der Waals surface area (Å²) in [5.74, 6) is -0.297. The molecule has 104 valence electrons. The first-order chi connectivity index (χ1) is 9.13. The van der Waals surface area contributed by atoms with E-state index in [2.05, 4.69) is 4.90 Å². The number of nitrogen functional groups attached to an aromatic ring is 1. The fraction of sp³-hybridized carbons (Fsp3) is 0.533. The molecule has 2 N–H and O–H groups in total. The number of nitrogens with two attached hydrogens (primary N) is 1. The van der Waals surface area contributed by atoms with Crippen LogP contribution >= 0.6 is 0 Å². The Balaban J connectivity index is 2.30. The Morgan fingerprint density at radius 3 is 2.74 bits per heavy atom. The van der Waals surface area contributed by atoms with Crippen LogP contribution in [0, 0.1) is 0 Å². The van der Waals surface area contributed by atoms with E-state index in [0.717, 1.165) is 5.69 Å². The number of ether oxygens (including phenoxy) is 1. The molecule has 0 aromatic heterocycles. The normalized spacial score (nSPS) is 15.5. The van der Waals surface area contributed by atoms with E-state index >= 15 is 0 Å². The van der Waals surface area contributed by atoms with Crippen LogP contribution in [0.4, 0.5) is 11.4 Å². The predicted octanol–water partition coefficient (Wildman–Crippen LogP) is 2.82. The van der Waals surface area contributed by atoms with Crippen LogP contribution in [-0.4, -0.2) is 25.7 Å². The van der Waals surface area contributed by atoms with Crippen LogP contribution in [0.1, 0.15) is 43.0 Å². The van der Waals surface area contributed by atoms with Crippen molar-refractivity contribution in [2.75, 3.05) is 24.3 Å². The monoisotopic (exact) mass is 262 g/mol. The summed E-state index contributed by atoms with van der Waals surface area (Å²) in [7, 11) is 2.05. The number of anilines is 2. The van der Waals surface area contributed by atoms with E-state index in [9.17, 15) is 4.79 Å². The minimum Gasteiger partial charge on any atom is -0.462 e. The van der Waals surface area contributed by atoms with Crippen LogP contribution in [-0.2, 0) is 4.74 Å². The molecule has 0 radical (unpaired) electrons. The summed E-state index contributed by atoms with van der Waals surface area (Å²) in [5, 5.41) is 0. The third kappa shape index (κ3) is 3.00. The van der Waals surface area contributed by atoms with Crippen molar-refractivity contribution in [1.82, 2.24) is 0 Å². The van der Waals surface area contributed by atoms with Gasteiger partial charge in [-0.2, -0.15) is 0 Å². The average Bonchev–Trinajstić information content (AvgIpc) is 2.92. The SMILES string of the molecule is CCOC(=O)c1cc(N)ccc1N(C)C1CCCC1. The molecule has 1 aromatic rings. The van der Waals surface area contributed by atoms with Crippen molar-refractivity contribution in [2.45, 2.75) is 38.6 Å². The Morgan fingerprint density at radius 2 is 2.11 bits per heavy atom. The highest BCUT2D eigenvalue weighted by Crippen LogP contribution is 2.30. The first-order valence-corrected chi connectivity index (χ1v) is 6.93. The zero-order chi connectivity index (χ0) is 13.8. The van der Waals surface area contributed by atoms with Gasteiger partial charge in [0.2, 0.25) is 0 Å². The van der Waals surface area contributed by atoms with Gasteiger partial charge in [-0.25, -0.2) is 4.79 Å². The number of esters is 1. The number of carbonyl (C=O) groups is 1. The highest BCUT2D eigenvalue weighted by atomic mass is 16.5. The van der Waals surface area contributed by atoms with Crippen LogP contribution in [0.15, 0.2) is 18.2 Å². The molecule has 1 saturated carbocycles. The molecule has 1 fully saturated rings. The molecular formula is C15H22N2O2. The predicted molar refractivity (Wildman–Crippen MR) is 77.5 cm³/mol. The van der Waals surface area contributed by atoms with E-state index < -0.39 is 0 Å². The Morgan fingerprint density at radius 1 is 1.42 bits per heavy atom. The average molecular weight is 262 g/mol. The van der Waals surface area contributed by atoms with Gasteiger partial charge in [-0.05, 0) is 38.0 Å². The van der Waals surface area contributed by atoms with Crippen LogP contribution in [0.5, 0.6) is 0 Å². The molecule has 1 aliphatic carbocycles. The minimum atomic E-state index is -0.297. The van der Waals surface area contributed by atoms with E-state index in [4.69, 9.17) is 10.5 Å². The second kappa shape index (κ2) is 5.95. The smallest absolute Gasteiger partial charge is 0.340 e. The lowest BCUT2D eigenvalue weighted by molar-refractivity contribution is 0.0527. The summed E-state index contributed by atoms with van der Waals surface area (Å²) >= 11 is 0. The van der Waals surface area contributed by atoms with Gasteiger partial charge in [-0.15, -0.1) is 0 Å². The zero-order valence-electron chi connectivity index (χ0n) is 11.7. The fourth-order valence-corrected chi connectivity index (χ4v) is 2.72. The first kappa shape index (κ1) is 13.7. The summed E-state index contributed by atoms with van der Waals surface area (Å²) < 4.78 is 5.12.